The summed E-state index contributed by atoms with van der Waals surface area (Å²) in [5.74, 6) is 0.403. The predicted molar refractivity (Wildman–Crippen MR) is 88.8 cm³/mol. The van der Waals surface area contributed by atoms with Crippen LogP contribution in [0.1, 0.15) is 33.8 Å². The molecule has 0 heterocycles. The number of amides is 1. The highest BCUT2D eigenvalue weighted by Crippen LogP contribution is 2.40. The SMILES string of the molecule is N#CCNC1CC1c1ccc(C(=O)NCc2ccccc2)cc1. The summed E-state index contributed by atoms with van der Waals surface area (Å²) in [7, 11) is 0. The van der Waals surface area contributed by atoms with Crippen molar-refractivity contribution in [3.8, 4) is 6.07 Å². The molecule has 2 N–H and O–H groups in total. The molecular formula is C19H19N3O. The first kappa shape index (κ1) is 15.3. The van der Waals surface area contributed by atoms with Crippen molar-refractivity contribution in [2.24, 2.45) is 0 Å². The highest BCUT2D eigenvalue weighted by Gasteiger charge is 2.37. The maximum absolute atomic E-state index is 12.2. The average Bonchev–Trinajstić information content (AvgIpc) is 3.38. The molecule has 1 saturated carbocycles. The van der Waals surface area contributed by atoms with Gasteiger partial charge in [0.05, 0.1) is 12.6 Å². The number of nitriles is 1. The molecule has 116 valence electrons. The van der Waals surface area contributed by atoms with E-state index in [1.165, 1.54) is 5.56 Å². The third-order valence-corrected chi connectivity index (χ3v) is 4.13. The number of nitrogens with one attached hydrogen (secondary N) is 2. The summed E-state index contributed by atoms with van der Waals surface area (Å²) in [6.45, 7) is 0.922. The molecule has 0 aromatic heterocycles. The fraction of sp³-hybridized carbons (Fsp3) is 0.263. The standard InChI is InChI=1S/C19H19N3O/c20-10-11-21-18-12-17(18)15-6-8-16(9-7-15)19(23)22-13-14-4-2-1-3-5-14/h1-9,17-18,21H,11-13H2,(H,22,23). The first-order chi connectivity index (χ1) is 11.3. The van der Waals surface area contributed by atoms with Gasteiger partial charge in [0.25, 0.3) is 5.91 Å². The van der Waals surface area contributed by atoms with Crippen molar-refractivity contribution >= 4 is 5.91 Å². The molecule has 2 unspecified atom stereocenters. The van der Waals surface area contributed by atoms with E-state index in [2.05, 4.69) is 16.7 Å². The molecule has 1 aliphatic rings. The Morgan fingerprint density at radius 1 is 1.13 bits per heavy atom. The van der Waals surface area contributed by atoms with E-state index in [1.54, 1.807) is 0 Å². The lowest BCUT2D eigenvalue weighted by atomic mass is 10.1. The van der Waals surface area contributed by atoms with Crippen molar-refractivity contribution in [1.29, 1.82) is 5.26 Å². The third-order valence-electron chi connectivity index (χ3n) is 4.13. The summed E-state index contributed by atoms with van der Waals surface area (Å²) in [5, 5.41) is 14.7. The minimum absolute atomic E-state index is 0.0599. The molecule has 23 heavy (non-hydrogen) atoms. The van der Waals surface area contributed by atoms with Crippen LogP contribution in [-0.2, 0) is 6.54 Å². The molecule has 0 radical (unpaired) electrons. The van der Waals surface area contributed by atoms with Crippen molar-refractivity contribution < 1.29 is 4.79 Å². The molecule has 3 rings (SSSR count). The Labute approximate surface area is 136 Å². The average molecular weight is 305 g/mol. The van der Waals surface area contributed by atoms with E-state index in [0.29, 0.717) is 30.6 Å². The minimum atomic E-state index is -0.0599. The second-order valence-corrected chi connectivity index (χ2v) is 5.78. The van der Waals surface area contributed by atoms with E-state index in [-0.39, 0.29) is 5.91 Å². The number of benzene rings is 2. The van der Waals surface area contributed by atoms with Gasteiger partial charge in [-0.15, -0.1) is 0 Å². The Morgan fingerprint density at radius 3 is 2.57 bits per heavy atom. The van der Waals surface area contributed by atoms with Crippen molar-refractivity contribution in [3.05, 3.63) is 71.3 Å². The fourth-order valence-corrected chi connectivity index (χ4v) is 2.73. The van der Waals surface area contributed by atoms with Crippen LogP contribution in [0.3, 0.4) is 0 Å². The number of rotatable bonds is 6. The topological polar surface area (TPSA) is 64.9 Å². The number of carbonyl (C=O) groups is 1. The summed E-state index contributed by atoms with van der Waals surface area (Å²) in [5.41, 5.74) is 2.98. The fourth-order valence-electron chi connectivity index (χ4n) is 2.73. The zero-order valence-electron chi connectivity index (χ0n) is 12.8. The molecule has 0 spiro atoms. The summed E-state index contributed by atoms with van der Waals surface area (Å²) in [6.07, 6.45) is 1.06. The van der Waals surface area contributed by atoms with Crippen molar-refractivity contribution in [3.63, 3.8) is 0 Å². The van der Waals surface area contributed by atoms with Crippen LogP contribution in [0.2, 0.25) is 0 Å². The molecule has 2 atom stereocenters. The summed E-state index contributed by atoms with van der Waals surface area (Å²) < 4.78 is 0. The van der Waals surface area contributed by atoms with Crippen LogP contribution in [0.25, 0.3) is 0 Å². The molecule has 2 aromatic rings. The third kappa shape index (κ3) is 3.97. The molecule has 1 amide bonds. The molecule has 0 bridgehead atoms. The van der Waals surface area contributed by atoms with Crippen LogP contribution in [0, 0.1) is 11.3 Å². The Morgan fingerprint density at radius 2 is 1.87 bits per heavy atom. The van der Waals surface area contributed by atoms with Crippen molar-refractivity contribution in [2.75, 3.05) is 6.54 Å². The Bertz CT molecular complexity index is 704. The summed E-state index contributed by atoms with van der Waals surface area (Å²) in [4.78, 5) is 12.2. The van der Waals surface area contributed by atoms with E-state index in [0.717, 1.165) is 12.0 Å². The summed E-state index contributed by atoms with van der Waals surface area (Å²) in [6, 6.07) is 20.1. The van der Waals surface area contributed by atoms with Crippen LogP contribution < -0.4 is 10.6 Å². The molecule has 4 nitrogen and oxygen atoms in total. The van der Waals surface area contributed by atoms with Gasteiger partial charge in [-0.1, -0.05) is 42.5 Å². The highest BCUT2D eigenvalue weighted by molar-refractivity contribution is 5.94. The first-order valence-electron chi connectivity index (χ1n) is 7.80. The van der Waals surface area contributed by atoms with Crippen molar-refractivity contribution in [1.82, 2.24) is 10.6 Å². The lowest BCUT2D eigenvalue weighted by Crippen LogP contribution is -2.22. The van der Waals surface area contributed by atoms with Gasteiger partial charge in [0, 0.05) is 24.1 Å². The van der Waals surface area contributed by atoms with Gasteiger partial charge in [0.15, 0.2) is 0 Å². The molecule has 2 aromatic carbocycles. The maximum atomic E-state index is 12.2. The van der Waals surface area contributed by atoms with Gasteiger partial charge in [0.1, 0.15) is 0 Å². The van der Waals surface area contributed by atoms with Gasteiger partial charge in [-0.3, -0.25) is 4.79 Å². The molecule has 0 aliphatic heterocycles. The minimum Gasteiger partial charge on any atom is -0.348 e. The lowest BCUT2D eigenvalue weighted by molar-refractivity contribution is 0.0951. The van der Waals surface area contributed by atoms with Crippen LogP contribution >= 0.6 is 0 Å². The van der Waals surface area contributed by atoms with Crippen LogP contribution in [0.4, 0.5) is 0 Å². The van der Waals surface area contributed by atoms with E-state index >= 15 is 0 Å². The zero-order valence-corrected chi connectivity index (χ0v) is 12.8. The van der Waals surface area contributed by atoms with E-state index in [4.69, 9.17) is 5.26 Å². The summed E-state index contributed by atoms with van der Waals surface area (Å²) >= 11 is 0. The Hall–Kier alpha value is -2.64. The van der Waals surface area contributed by atoms with Gasteiger partial charge < -0.3 is 10.6 Å². The second kappa shape index (κ2) is 7.08. The monoisotopic (exact) mass is 305 g/mol. The number of hydrogen-bond donors (Lipinski definition) is 2. The number of carbonyl (C=O) groups excluding carboxylic acids is 1. The predicted octanol–water partition coefficient (Wildman–Crippen LogP) is 2.59. The van der Waals surface area contributed by atoms with E-state index < -0.39 is 0 Å². The Balaban J connectivity index is 1.53. The van der Waals surface area contributed by atoms with Gasteiger partial charge in [0.2, 0.25) is 0 Å². The highest BCUT2D eigenvalue weighted by atomic mass is 16.1. The smallest absolute Gasteiger partial charge is 0.251 e. The largest absolute Gasteiger partial charge is 0.348 e. The zero-order chi connectivity index (χ0) is 16.1. The molecule has 1 aliphatic carbocycles. The quantitative estimate of drug-likeness (QED) is 0.806. The normalized spacial score (nSPS) is 18.9. The first-order valence-corrected chi connectivity index (χ1v) is 7.80. The Kier molecular flexibility index (Phi) is 4.70. The lowest BCUT2D eigenvalue weighted by Gasteiger charge is -2.06. The molecule has 4 heteroatoms. The van der Waals surface area contributed by atoms with Crippen molar-refractivity contribution in [2.45, 2.75) is 24.9 Å². The van der Waals surface area contributed by atoms with Crippen LogP contribution in [0.15, 0.2) is 54.6 Å². The molecule has 0 saturated heterocycles. The molecular weight excluding hydrogens is 286 g/mol. The number of hydrogen-bond acceptors (Lipinski definition) is 3. The van der Waals surface area contributed by atoms with Crippen LogP contribution in [-0.4, -0.2) is 18.5 Å². The maximum Gasteiger partial charge on any atom is 0.251 e. The van der Waals surface area contributed by atoms with Gasteiger partial charge >= 0.3 is 0 Å². The number of nitrogens with zero attached hydrogens (tertiary/aromatic N) is 1. The van der Waals surface area contributed by atoms with Gasteiger partial charge in [-0.2, -0.15) is 5.26 Å². The van der Waals surface area contributed by atoms with Gasteiger partial charge in [-0.25, -0.2) is 0 Å². The van der Waals surface area contributed by atoms with Crippen LogP contribution in [0.5, 0.6) is 0 Å². The molecule has 1 fully saturated rings. The second-order valence-electron chi connectivity index (χ2n) is 5.78. The van der Waals surface area contributed by atoms with Gasteiger partial charge in [-0.05, 0) is 29.7 Å². The van der Waals surface area contributed by atoms with E-state index in [9.17, 15) is 4.79 Å². The van der Waals surface area contributed by atoms with E-state index in [1.807, 2.05) is 54.6 Å².